The molecule has 2 aliphatic heterocycles. The van der Waals surface area contributed by atoms with Gasteiger partial charge in [-0.15, -0.1) is 0 Å². The molecule has 2 saturated heterocycles. The maximum Gasteiger partial charge on any atom is 0.211 e. The Balaban J connectivity index is 1.70. The zero-order valence-corrected chi connectivity index (χ0v) is 14.4. The van der Waals surface area contributed by atoms with Gasteiger partial charge in [0.25, 0.3) is 0 Å². The van der Waals surface area contributed by atoms with Crippen molar-refractivity contribution in [3.63, 3.8) is 0 Å². The molecule has 0 spiro atoms. The Hall–Kier alpha value is -0.170. The summed E-state index contributed by atoms with van der Waals surface area (Å²) in [5.41, 5.74) is 0. The SMILES string of the molecule is CN(CCC1CCCCN1)CC1CCCN(S(C)(=O)=O)C1. The van der Waals surface area contributed by atoms with Crippen LogP contribution in [-0.2, 0) is 10.0 Å². The van der Waals surface area contributed by atoms with Crippen molar-refractivity contribution in [2.24, 2.45) is 5.92 Å². The van der Waals surface area contributed by atoms with E-state index in [0.29, 0.717) is 25.0 Å². The average Bonchev–Trinajstić information content (AvgIpc) is 2.46. The van der Waals surface area contributed by atoms with E-state index in [4.69, 9.17) is 0 Å². The van der Waals surface area contributed by atoms with E-state index < -0.39 is 10.0 Å². The van der Waals surface area contributed by atoms with Crippen molar-refractivity contribution in [1.29, 1.82) is 0 Å². The topological polar surface area (TPSA) is 52.6 Å². The summed E-state index contributed by atoms with van der Waals surface area (Å²) in [4.78, 5) is 2.38. The second-order valence-electron chi connectivity index (χ2n) is 6.83. The Bertz CT molecular complexity index is 407. The van der Waals surface area contributed by atoms with E-state index in [1.807, 2.05) is 0 Å². The van der Waals surface area contributed by atoms with Crippen molar-refractivity contribution >= 4 is 10.0 Å². The van der Waals surface area contributed by atoms with Gasteiger partial charge in [0.2, 0.25) is 10.0 Å². The van der Waals surface area contributed by atoms with Crippen molar-refractivity contribution < 1.29 is 8.42 Å². The fourth-order valence-electron chi connectivity index (χ4n) is 3.56. The van der Waals surface area contributed by atoms with Gasteiger partial charge in [0.15, 0.2) is 0 Å². The molecule has 2 aliphatic rings. The lowest BCUT2D eigenvalue weighted by Crippen LogP contribution is -2.43. The summed E-state index contributed by atoms with van der Waals surface area (Å²) in [5, 5.41) is 3.59. The third-order valence-corrected chi connectivity index (χ3v) is 6.06. The Kier molecular flexibility index (Phi) is 6.47. The van der Waals surface area contributed by atoms with Crippen molar-refractivity contribution in [2.75, 3.05) is 46.0 Å². The van der Waals surface area contributed by atoms with Crippen LogP contribution in [0.4, 0.5) is 0 Å². The van der Waals surface area contributed by atoms with E-state index in [0.717, 1.165) is 25.9 Å². The van der Waals surface area contributed by atoms with Gasteiger partial charge in [-0.25, -0.2) is 12.7 Å². The predicted octanol–water partition coefficient (Wildman–Crippen LogP) is 1.12. The highest BCUT2D eigenvalue weighted by Gasteiger charge is 2.26. The Labute approximate surface area is 130 Å². The van der Waals surface area contributed by atoms with Gasteiger partial charge in [0.05, 0.1) is 6.26 Å². The van der Waals surface area contributed by atoms with Crippen molar-refractivity contribution in [2.45, 2.75) is 44.6 Å². The summed E-state index contributed by atoms with van der Waals surface area (Å²) >= 11 is 0. The molecule has 2 heterocycles. The second-order valence-corrected chi connectivity index (χ2v) is 8.81. The van der Waals surface area contributed by atoms with E-state index >= 15 is 0 Å². The van der Waals surface area contributed by atoms with Gasteiger partial charge in [0, 0.05) is 25.7 Å². The number of hydrogen-bond donors (Lipinski definition) is 1. The molecule has 2 unspecified atom stereocenters. The number of nitrogens with zero attached hydrogens (tertiary/aromatic N) is 2. The number of piperidine rings is 2. The third-order valence-electron chi connectivity index (χ3n) is 4.79. The fraction of sp³-hybridized carbons (Fsp3) is 1.00. The normalized spacial score (nSPS) is 28.9. The lowest BCUT2D eigenvalue weighted by atomic mass is 9.98. The Morgan fingerprint density at radius 3 is 2.71 bits per heavy atom. The first-order chi connectivity index (χ1) is 9.95. The third kappa shape index (κ3) is 5.85. The van der Waals surface area contributed by atoms with E-state index in [1.54, 1.807) is 4.31 Å². The second kappa shape index (κ2) is 7.90. The van der Waals surface area contributed by atoms with Crippen LogP contribution < -0.4 is 5.32 Å². The van der Waals surface area contributed by atoms with Gasteiger partial charge in [-0.05, 0) is 58.2 Å². The molecule has 0 aromatic heterocycles. The monoisotopic (exact) mass is 317 g/mol. The highest BCUT2D eigenvalue weighted by atomic mass is 32.2. The summed E-state index contributed by atoms with van der Waals surface area (Å²) in [6, 6.07) is 0.681. The molecule has 124 valence electrons. The first-order valence-electron chi connectivity index (χ1n) is 8.32. The van der Waals surface area contributed by atoms with Gasteiger partial charge >= 0.3 is 0 Å². The van der Waals surface area contributed by atoms with Gasteiger partial charge in [-0.3, -0.25) is 0 Å². The largest absolute Gasteiger partial charge is 0.314 e. The Morgan fingerprint density at radius 2 is 2.05 bits per heavy atom. The fourth-order valence-corrected chi connectivity index (χ4v) is 4.50. The summed E-state index contributed by atoms with van der Waals surface area (Å²) in [6.45, 7) is 4.68. The van der Waals surface area contributed by atoms with Crippen molar-refractivity contribution in [3.05, 3.63) is 0 Å². The van der Waals surface area contributed by atoms with E-state index in [1.165, 1.54) is 38.5 Å². The molecule has 21 heavy (non-hydrogen) atoms. The quantitative estimate of drug-likeness (QED) is 0.798. The average molecular weight is 317 g/mol. The van der Waals surface area contributed by atoms with Crippen LogP contribution in [0.15, 0.2) is 0 Å². The van der Waals surface area contributed by atoms with Crippen LogP contribution in [0.1, 0.15) is 38.5 Å². The molecule has 0 aliphatic carbocycles. The highest BCUT2D eigenvalue weighted by molar-refractivity contribution is 7.88. The maximum atomic E-state index is 11.7. The summed E-state index contributed by atoms with van der Waals surface area (Å²) in [5.74, 6) is 0.484. The van der Waals surface area contributed by atoms with Gasteiger partial charge in [-0.1, -0.05) is 6.42 Å². The standard InChI is InChI=1S/C15H31N3O2S/c1-17(11-8-15-7-3-4-9-16-15)12-14-6-5-10-18(13-14)21(2,19)20/h14-16H,3-13H2,1-2H3. The number of hydrogen-bond acceptors (Lipinski definition) is 4. The van der Waals surface area contributed by atoms with E-state index in [9.17, 15) is 8.42 Å². The van der Waals surface area contributed by atoms with Crippen molar-refractivity contribution in [1.82, 2.24) is 14.5 Å². The predicted molar refractivity (Wildman–Crippen MR) is 86.9 cm³/mol. The number of sulfonamides is 1. The van der Waals surface area contributed by atoms with Gasteiger partial charge in [-0.2, -0.15) is 0 Å². The summed E-state index contributed by atoms with van der Waals surface area (Å²) in [7, 11) is -0.850. The molecule has 2 rings (SSSR count). The molecule has 2 atom stereocenters. The molecule has 2 fully saturated rings. The molecule has 0 aromatic rings. The molecule has 1 N–H and O–H groups in total. The molecular weight excluding hydrogens is 286 g/mol. The van der Waals surface area contributed by atoms with Gasteiger partial charge in [0.1, 0.15) is 0 Å². The van der Waals surface area contributed by atoms with E-state index in [2.05, 4.69) is 17.3 Å². The number of rotatable bonds is 6. The van der Waals surface area contributed by atoms with Crippen LogP contribution in [-0.4, -0.2) is 69.7 Å². The molecular formula is C15H31N3O2S. The molecule has 5 nitrogen and oxygen atoms in total. The number of nitrogens with one attached hydrogen (secondary N) is 1. The van der Waals surface area contributed by atoms with Crippen LogP contribution in [0.3, 0.4) is 0 Å². The molecule has 6 heteroatoms. The van der Waals surface area contributed by atoms with E-state index in [-0.39, 0.29) is 0 Å². The van der Waals surface area contributed by atoms with Crippen LogP contribution in [0.25, 0.3) is 0 Å². The Morgan fingerprint density at radius 1 is 1.24 bits per heavy atom. The zero-order valence-electron chi connectivity index (χ0n) is 13.6. The summed E-state index contributed by atoms with van der Waals surface area (Å²) in [6.07, 6.45) is 8.66. The molecule has 0 aromatic carbocycles. The zero-order chi connectivity index (χ0) is 15.3. The van der Waals surface area contributed by atoms with Crippen LogP contribution >= 0.6 is 0 Å². The minimum absolute atomic E-state index is 0.484. The van der Waals surface area contributed by atoms with Crippen LogP contribution in [0, 0.1) is 5.92 Å². The highest BCUT2D eigenvalue weighted by Crippen LogP contribution is 2.19. The first-order valence-corrected chi connectivity index (χ1v) is 10.2. The van der Waals surface area contributed by atoms with Crippen LogP contribution in [0.5, 0.6) is 0 Å². The minimum Gasteiger partial charge on any atom is -0.314 e. The first kappa shape index (κ1) is 17.2. The van der Waals surface area contributed by atoms with Crippen molar-refractivity contribution in [3.8, 4) is 0 Å². The smallest absolute Gasteiger partial charge is 0.211 e. The minimum atomic E-state index is -3.02. The lowest BCUT2D eigenvalue weighted by Gasteiger charge is -2.34. The molecule has 0 bridgehead atoms. The molecule has 0 amide bonds. The maximum absolute atomic E-state index is 11.7. The molecule has 0 radical (unpaired) electrons. The molecule has 0 saturated carbocycles. The lowest BCUT2D eigenvalue weighted by molar-refractivity contribution is 0.193. The van der Waals surface area contributed by atoms with Gasteiger partial charge < -0.3 is 10.2 Å². The van der Waals surface area contributed by atoms with Crippen LogP contribution in [0.2, 0.25) is 0 Å². The summed E-state index contributed by atoms with van der Waals surface area (Å²) < 4.78 is 25.0.